The third-order valence-corrected chi connectivity index (χ3v) is 4.78. The number of hydrogen-bond donors (Lipinski definition) is 1. The minimum absolute atomic E-state index is 0.0881. The van der Waals surface area contributed by atoms with Crippen molar-refractivity contribution in [2.45, 2.75) is 38.6 Å². The number of hydrogen-bond acceptors (Lipinski definition) is 2. The van der Waals surface area contributed by atoms with Gasteiger partial charge in [0.1, 0.15) is 0 Å². The minimum atomic E-state index is -1.16. The molecular weight excluding hydrogens is 224 g/mol. The van der Waals surface area contributed by atoms with Gasteiger partial charge in [0.25, 0.3) is 0 Å². The summed E-state index contributed by atoms with van der Waals surface area (Å²) in [6.07, 6.45) is 6.33. The van der Waals surface area contributed by atoms with E-state index in [1.165, 1.54) is 0 Å². The van der Waals surface area contributed by atoms with Crippen LogP contribution in [0.5, 0.6) is 0 Å². The molecule has 4 unspecified atom stereocenters. The molecule has 4 atom stereocenters. The minimum Gasteiger partial charge on any atom is -0.361 e. The second-order valence-electron chi connectivity index (χ2n) is 5.77. The quantitative estimate of drug-likeness (QED) is 0.769. The zero-order valence-corrected chi connectivity index (χ0v) is 11.0. The molecule has 2 aliphatic rings. The van der Waals surface area contributed by atoms with Gasteiger partial charge < -0.3 is 9.84 Å². The Morgan fingerprint density at radius 1 is 1.22 bits per heavy atom. The highest BCUT2D eigenvalue weighted by molar-refractivity contribution is 5.27. The van der Waals surface area contributed by atoms with Crippen LogP contribution in [-0.4, -0.2) is 11.2 Å². The van der Waals surface area contributed by atoms with Crippen LogP contribution in [0, 0.1) is 11.3 Å². The third kappa shape index (κ3) is 1.42. The molecule has 2 nitrogen and oxygen atoms in total. The van der Waals surface area contributed by atoms with Crippen molar-refractivity contribution in [3.63, 3.8) is 0 Å². The number of rotatable bonds is 1. The third-order valence-electron chi connectivity index (χ3n) is 4.78. The average Bonchev–Trinajstić information content (AvgIpc) is 2.60. The smallest absolute Gasteiger partial charge is 0.198 e. The number of ether oxygens (including phenoxy) is 1. The van der Waals surface area contributed by atoms with E-state index in [9.17, 15) is 5.11 Å². The van der Waals surface area contributed by atoms with Crippen molar-refractivity contribution in [2.24, 2.45) is 11.3 Å². The van der Waals surface area contributed by atoms with Gasteiger partial charge in [-0.3, -0.25) is 0 Å². The van der Waals surface area contributed by atoms with Crippen LogP contribution in [0.3, 0.4) is 0 Å². The van der Waals surface area contributed by atoms with Crippen LogP contribution in [0.15, 0.2) is 42.5 Å². The van der Waals surface area contributed by atoms with Gasteiger partial charge in [-0.2, -0.15) is 0 Å². The summed E-state index contributed by atoms with van der Waals surface area (Å²) in [7, 11) is 0. The van der Waals surface area contributed by atoms with Gasteiger partial charge in [0.05, 0.1) is 6.10 Å². The molecule has 0 bridgehead atoms. The molecule has 1 aromatic rings. The maximum absolute atomic E-state index is 11.1. The average molecular weight is 244 g/mol. The molecule has 1 N–H and O–H groups in total. The molecule has 2 heteroatoms. The first-order valence-electron chi connectivity index (χ1n) is 6.69. The summed E-state index contributed by atoms with van der Waals surface area (Å²) in [6.45, 7) is 4.22. The molecule has 0 radical (unpaired) electrons. The second kappa shape index (κ2) is 3.94. The van der Waals surface area contributed by atoms with Gasteiger partial charge in [0.15, 0.2) is 5.79 Å². The predicted molar refractivity (Wildman–Crippen MR) is 70.9 cm³/mol. The fraction of sp³-hybridized carbons (Fsp3) is 0.500. The van der Waals surface area contributed by atoms with E-state index in [2.05, 4.69) is 26.0 Å². The van der Waals surface area contributed by atoms with Crippen molar-refractivity contribution >= 4 is 0 Å². The lowest BCUT2D eigenvalue weighted by atomic mass is 9.64. The highest BCUT2D eigenvalue weighted by Gasteiger charge is 2.61. The SMILES string of the molecule is CC1OC(O)(c2ccccc2)C2(C)CC=CCC12. The van der Waals surface area contributed by atoms with Crippen LogP contribution in [0.2, 0.25) is 0 Å². The van der Waals surface area contributed by atoms with Crippen LogP contribution in [-0.2, 0) is 10.5 Å². The molecule has 96 valence electrons. The Hall–Kier alpha value is -1.12. The lowest BCUT2D eigenvalue weighted by molar-refractivity contribution is -0.245. The summed E-state index contributed by atoms with van der Waals surface area (Å²) in [6, 6.07) is 9.79. The summed E-state index contributed by atoms with van der Waals surface area (Å²) < 4.78 is 6.00. The number of fused-ring (bicyclic) bond motifs is 1. The molecule has 0 amide bonds. The molecule has 1 aliphatic heterocycles. The van der Waals surface area contributed by atoms with E-state index in [4.69, 9.17) is 4.74 Å². The van der Waals surface area contributed by atoms with Crippen molar-refractivity contribution in [1.29, 1.82) is 0 Å². The molecule has 1 aromatic carbocycles. The summed E-state index contributed by atoms with van der Waals surface area (Å²) in [5, 5.41) is 11.1. The van der Waals surface area contributed by atoms with E-state index in [-0.39, 0.29) is 11.5 Å². The maximum atomic E-state index is 11.1. The standard InChI is InChI=1S/C16H20O2/c1-12-14-10-6-7-11-15(14,2)16(17,18-12)13-8-4-3-5-9-13/h3-9,12,14,17H,10-11H2,1-2H3. The number of aliphatic hydroxyl groups is 1. The zero-order chi connectivity index (χ0) is 12.8. The molecule has 1 aliphatic carbocycles. The van der Waals surface area contributed by atoms with Crippen molar-refractivity contribution in [2.75, 3.05) is 0 Å². The topological polar surface area (TPSA) is 29.5 Å². The van der Waals surface area contributed by atoms with E-state index in [0.29, 0.717) is 5.92 Å². The van der Waals surface area contributed by atoms with E-state index in [0.717, 1.165) is 18.4 Å². The Labute approximate surface area is 108 Å². The zero-order valence-electron chi connectivity index (χ0n) is 11.0. The number of allylic oxidation sites excluding steroid dienone is 2. The van der Waals surface area contributed by atoms with Crippen LogP contribution in [0.4, 0.5) is 0 Å². The Balaban J connectivity index is 2.09. The van der Waals surface area contributed by atoms with Gasteiger partial charge in [-0.05, 0) is 25.7 Å². The van der Waals surface area contributed by atoms with Crippen molar-refractivity contribution < 1.29 is 9.84 Å². The summed E-state index contributed by atoms with van der Waals surface area (Å²) >= 11 is 0. The van der Waals surface area contributed by atoms with Gasteiger partial charge in [0.2, 0.25) is 0 Å². The molecule has 1 fully saturated rings. The van der Waals surface area contributed by atoms with Crippen molar-refractivity contribution in [1.82, 2.24) is 0 Å². The first kappa shape index (κ1) is 11.9. The molecule has 1 saturated heterocycles. The molecule has 0 spiro atoms. The highest BCUT2D eigenvalue weighted by atomic mass is 16.6. The van der Waals surface area contributed by atoms with E-state index in [1.807, 2.05) is 30.3 Å². The lowest BCUT2D eigenvalue weighted by Crippen LogP contribution is -2.44. The second-order valence-corrected chi connectivity index (χ2v) is 5.77. The summed E-state index contributed by atoms with van der Waals surface area (Å²) in [4.78, 5) is 0. The summed E-state index contributed by atoms with van der Waals surface area (Å²) in [5.74, 6) is -0.781. The summed E-state index contributed by atoms with van der Waals surface area (Å²) in [5.41, 5.74) is 0.639. The first-order chi connectivity index (χ1) is 8.58. The fourth-order valence-electron chi connectivity index (χ4n) is 3.63. The Kier molecular flexibility index (Phi) is 2.61. The largest absolute Gasteiger partial charge is 0.361 e. The van der Waals surface area contributed by atoms with Gasteiger partial charge in [-0.1, -0.05) is 49.4 Å². The van der Waals surface area contributed by atoms with Gasteiger partial charge >= 0.3 is 0 Å². The van der Waals surface area contributed by atoms with Crippen molar-refractivity contribution in [3.8, 4) is 0 Å². The molecule has 0 saturated carbocycles. The lowest BCUT2D eigenvalue weighted by Gasteiger charge is -2.42. The van der Waals surface area contributed by atoms with Gasteiger partial charge in [-0.25, -0.2) is 0 Å². The first-order valence-corrected chi connectivity index (χ1v) is 6.69. The Bertz CT molecular complexity index is 467. The van der Waals surface area contributed by atoms with Crippen LogP contribution in [0.1, 0.15) is 32.3 Å². The van der Waals surface area contributed by atoms with Crippen LogP contribution < -0.4 is 0 Å². The Morgan fingerprint density at radius 3 is 2.67 bits per heavy atom. The number of benzene rings is 1. The van der Waals surface area contributed by atoms with E-state index in [1.54, 1.807) is 0 Å². The molecule has 3 rings (SSSR count). The van der Waals surface area contributed by atoms with Gasteiger partial charge in [-0.15, -0.1) is 0 Å². The molecule has 0 aromatic heterocycles. The maximum Gasteiger partial charge on any atom is 0.198 e. The molecule has 1 heterocycles. The Morgan fingerprint density at radius 2 is 1.94 bits per heavy atom. The van der Waals surface area contributed by atoms with Crippen LogP contribution >= 0.6 is 0 Å². The molecule has 18 heavy (non-hydrogen) atoms. The fourth-order valence-corrected chi connectivity index (χ4v) is 3.63. The predicted octanol–water partition coefficient (Wildman–Crippen LogP) is 3.22. The van der Waals surface area contributed by atoms with E-state index >= 15 is 0 Å². The normalized spacial score (nSPS) is 42.8. The van der Waals surface area contributed by atoms with Crippen molar-refractivity contribution in [3.05, 3.63) is 48.0 Å². The molecular formula is C16H20O2. The highest BCUT2D eigenvalue weighted by Crippen LogP contribution is 2.59. The van der Waals surface area contributed by atoms with E-state index < -0.39 is 5.79 Å². The van der Waals surface area contributed by atoms with Gasteiger partial charge in [0, 0.05) is 11.0 Å². The monoisotopic (exact) mass is 244 g/mol. The van der Waals surface area contributed by atoms with Crippen LogP contribution in [0.25, 0.3) is 0 Å².